The second-order valence-electron chi connectivity index (χ2n) is 12.7. The average molecular weight is 611 g/mol. The van der Waals surface area contributed by atoms with Crippen LogP contribution in [0.1, 0.15) is 86.8 Å². The molecule has 1 saturated carbocycles. The molecule has 1 aromatic carbocycles. The van der Waals surface area contributed by atoms with Crippen LogP contribution in [0.15, 0.2) is 42.7 Å². The molecule has 2 N–H and O–H groups in total. The molecule has 2 aliphatic rings. The number of aromatic nitrogens is 2. The van der Waals surface area contributed by atoms with Gasteiger partial charge in [0.1, 0.15) is 34.4 Å². The molecule has 1 unspecified atom stereocenters. The first-order valence-electron chi connectivity index (χ1n) is 14.9. The highest BCUT2D eigenvalue weighted by molar-refractivity contribution is 6.03. The number of benzene rings is 1. The largest absolute Gasteiger partial charge is 0.444 e. The number of pyridine rings is 2. The van der Waals surface area contributed by atoms with Crippen molar-refractivity contribution in [2.75, 3.05) is 18.5 Å². The van der Waals surface area contributed by atoms with Crippen LogP contribution in [0.3, 0.4) is 0 Å². The zero-order chi connectivity index (χ0) is 31.6. The van der Waals surface area contributed by atoms with Gasteiger partial charge in [0.05, 0.1) is 24.1 Å². The third-order valence-corrected chi connectivity index (χ3v) is 7.99. The predicted octanol–water partition coefficient (Wildman–Crippen LogP) is 7.11. The number of nitrogens with zero attached hydrogens (tertiary/aromatic N) is 2. The highest BCUT2D eigenvalue weighted by atomic mass is 19.1. The van der Waals surface area contributed by atoms with Crippen molar-refractivity contribution in [2.24, 2.45) is 5.92 Å². The Morgan fingerprint density at radius 3 is 2.43 bits per heavy atom. The summed E-state index contributed by atoms with van der Waals surface area (Å²) in [6.07, 6.45) is 5.52. The Morgan fingerprint density at radius 1 is 1.00 bits per heavy atom. The van der Waals surface area contributed by atoms with Crippen molar-refractivity contribution in [1.29, 1.82) is 0 Å². The van der Waals surface area contributed by atoms with Gasteiger partial charge in [0.25, 0.3) is 5.91 Å². The molecule has 8 nitrogen and oxygen atoms in total. The van der Waals surface area contributed by atoms with Crippen molar-refractivity contribution < 1.29 is 32.2 Å². The van der Waals surface area contributed by atoms with Crippen LogP contribution in [0, 0.1) is 23.4 Å². The van der Waals surface area contributed by atoms with Gasteiger partial charge in [-0.05, 0) is 99.7 Å². The number of amides is 2. The number of hydrogen-bond donors (Lipinski definition) is 2. The summed E-state index contributed by atoms with van der Waals surface area (Å²) in [5, 5.41) is 5.77. The molecule has 0 bridgehead atoms. The predicted molar refractivity (Wildman–Crippen MR) is 159 cm³/mol. The van der Waals surface area contributed by atoms with Crippen LogP contribution in [-0.4, -0.2) is 46.8 Å². The van der Waals surface area contributed by atoms with E-state index in [0.717, 1.165) is 30.5 Å². The van der Waals surface area contributed by atoms with Gasteiger partial charge in [-0.15, -0.1) is 0 Å². The van der Waals surface area contributed by atoms with E-state index in [1.54, 1.807) is 27.0 Å². The smallest absolute Gasteiger partial charge is 0.407 e. The van der Waals surface area contributed by atoms with E-state index in [9.17, 15) is 14.0 Å². The molecule has 0 radical (unpaired) electrons. The molecule has 4 atom stereocenters. The van der Waals surface area contributed by atoms with Gasteiger partial charge >= 0.3 is 6.09 Å². The Morgan fingerprint density at radius 2 is 1.75 bits per heavy atom. The number of halogens is 3. The van der Waals surface area contributed by atoms with E-state index in [0.29, 0.717) is 37.3 Å². The van der Waals surface area contributed by atoms with E-state index in [2.05, 4.69) is 27.5 Å². The molecule has 1 aliphatic heterocycles. The van der Waals surface area contributed by atoms with E-state index < -0.39 is 46.3 Å². The van der Waals surface area contributed by atoms with Gasteiger partial charge in [-0.3, -0.25) is 9.78 Å². The second kappa shape index (κ2) is 12.9. The fourth-order valence-corrected chi connectivity index (χ4v) is 6.10. The third-order valence-electron chi connectivity index (χ3n) is 7.99. The minimum atomic E-state index is -0.966. The lowest BCUT2D eigenvalue weighted by atomic mass is 9.76. The van der Waals surface area contributed by atoms with Gasteiger partial charge in [0.15, 0.2) is 0 Å². The van der Waals surface area contributed by atoms with Crippen molar-refractivity contribution in [2.45, 2.75) is 76.9 Å². The first kappa shape index (κ1) is 31.4. The topological polar surface area (TPSA) is 102 Å². The Hall–Kier alpha value is -3.99. The van der Waals surface area contributed by atoms with Crippen molar-refractivity contribution >= 4 is 17.7 Å². The van der Waals surface area contributed by atoms with Gasteiger partial charge < -0.3 is 20.1 Å². The van der Waals surface area contributed by atoms with Gasteiger partial charge in [0.2, 0.25) is 0 Å². The summed E-state index contributed by atoms with van der Waals surface area (Å²) in [5.74, 6) is -3.46. The maximum absolute atomic E-state index is 15.2. The zero-order valence-electron chi connectivity index (χ0n) is 25.3. The summed E-state index contributed by atoms with van der Waals surface area (Å²) < 4.78 is 55.9. The van der Waals surface area contributed by atoms with Crippen LogP contribution < -0.4 is 10.6 Å². The highest BCUT2D eigenvalue weighted by Gasteiger charge is 2.32. The minimum Gasteiger partial charge on any atom is -0.444 e. The average Bonchev–Trinajstić information content (AvgIpc) is 3.48. The molecule has 2 fully saturated rings. The summed E-state index contributed by atoms with van der Waals surface area (Å²) in [5.41, 5.74) is -0.383. The monoisotopic (exact) mass is 610 g/mol. The molecule has 44 heavy (non-hydrogen) atoms. The van der Waals surface area contributed by atoms with Gasteiger partial charge in [-0.1, -0.05) is 6.92 Å². The fraction of sp³-hybridized carbons (Fsp3) is 0.455. The highest BCUT2D eigenvalue weighted by Crippen LogP contribution is 2.39. The van der Waals surface area contributed by atoms with Crippen molar-refractivity contribution in [1.82, 2.24) is 15.3 Å². The summed E-state index contributed by atoms with van der Waals surface area (Å²) >= 11 is 0. The summed E-state index contributed by atoms with van der Waals surface area (Å²) in [6, 6.07) is 6.15. The summed E-state index contributed by atoms with van der Waals surface area (Å²) in [6.45, 7) is 8.38. The maximum atomic E-state index is 15.2. The molecule has 5 rings (SSSR count). The molecule has 2 aromatic heterocycles. The van der Waals surface area contributed by atoms with Crippen LogP contribution in [-0.2, 0) is 9.47 Å². The van der Waals surface area contributed by atoms with E-state index in [1.165, 1.54) is 18.3 Å². The second-order valence-corrected chi connectivity index (χ2v) is 12.7. The van der Waals surface area contributed by atoms with Crippen LogP contribution in [0.25, 0.3) is 11.3 Å². The first-order valence-corrected chi connectivity index (χ1v) is 14.9. The number of carbonyl (C=O) groups excluding carboxylic acids is 2. The molecule has 234 valence electrons. The first-order chi connectivity index (χ1) is 20.9. The normalized spacial score (nSPS) is 22.0. The molecule has 1 saturated heterocycles. The number of nitrogens with one attached hydrogen (secondary N) is 2. The number of hydrogen-bond acceptors (Lipinski definition) is 6. The Balaban J connectivity index is 1.35. The van der Waals surface area contributed by atoms with Crippen molar-refractivity contribution in [3.63, 3.8) is 0 Å². The lowest BCUT2D eigenvalue weighted by Gasteiger charge is -2.35. The molecular weight excluding hydrogens is 573 g/mol. The van der Waals surface area contributed by atoms with E-state index >= 15 is 8.78 Å². The van der Waals surface area contributed by atoms with Crippen LogP contribution >= 0.6 is 0 Å². The number of ether oxygens (including phenoxy) is 2. The summed E-state index contributed by atoms with van der Waals surface area (Å²) in [7, 11) is 0. The van der Waals surface area contributed by atoms with Crippen molar-refractivity contribution in [3.8, 4) is 11.3 Å². The SMILES string of the molecule is C[C@@H]1C[C@H](NC(=O)OC(C)(C)C)C[C@H](c2ccncc2NC(=O)c2ccc(F)c(-c3c(F)cc(C4CCOC4)cc3F)n2)C1. The lowest BCUT2D eigenvalue weighted by Crippen LogP contribution is -2.42. The zero-order valence-corrected chi connectivity index (χ0v) is 25.3. The van der Waals surface area contributed by atoms with Crippen LogP contribution in [0.5, 0.6) is 0 Å². The van der Waals surface area contributed by atoms with E-state index in [-0.39, 0.29) is 29.5 Å². The van der Waals surface area contributed by atoms with E-state index in [4.69, 9.17) is 9.47 Å². The molecular formula is C33H37F3N4O4. The molecule has 2 amide bonds. The molecule has 3 aromatic rings. The third kappa shape index (κ3) is 7.38. The van der Waals surface area contributed by atoms with Crippen molar-refractivity contribution in [3.05, 3.63) is 77.0 Å². The van der Waals surface area contributed by atoms with Crippen LogP contribution in [0.2, 0.25) is 0 Å². The van der Waals surface area contributed by atoms with Crippen LogP contribution in [0.4, 0.5) is 23.7 Å². The quantitative estimate of drug-likeness (QED) is 0.308. The standard InChI is InChI=1S/C33H37F3N4O4/c1-18-11-21(13-22(12-18)38-32(42)44-33(2,3)4)23-7-9-37-16-28(23)40-31(41)27-6-5-24(34)30(39-27)29-25(35)14-20(15-26(29)36)19-8-10-43-17-19/h5-7,9,14-16,18-19,21-22H,8,10-13,17H2,1-4H3,(H,38,42)(H,40,41)/t18-,19?,21+,22-/m0/s1. The minimum absolute atomic E-state index is 0.0132. The number of alkyl carbamates (subject to hydrolysis) is 1. The van der Waals surface area contributed by atoms with Gasteiger partial charge in [-0.25, -0.2) is 22.9 Å². The molecule has 1 aliphatic carbocycles. The Bertz CT molecular complexity index is 1510. The maximum Gasteiger partial charge on any atom is 0.407 e. The number of rotatable bonds is 6. The molecule has 11 heteroatoms. The fourth-order valence-electron chi connectivity index (χ4n) is 6.10. The molecule has 3 heterocycles. The number of anilines is 1. The van der Waals surface area contributed by atoms with Gasteiger partial charge in [0, 0.05) is 24.8 Å². The summed E-state index contributed by atoms with van der Waals surface area (Å²) in [4.78, 5) is 34.0. The molecule has 0 spiro atoms. The van der Waals surface area contributed by atoms with E-state index in [1.807, 2.05) is 6.07 Å². The number of carbonyl (C=O) groups is 2. The van der Waals surface area contributed by atoms with Gasteiger partial charge in [-0.2, -0.15) is 0 Å². The Kier molecular flexibility index (Phi) is 9.24. The lowest BCUT2D eigenvalue weighted by molar-refractivity contribution is 0.0482. The Labute approximate surface area is 254 Å².